The zero-order valence-electron chi connectivity index (χ0n) is 9.69. The Labute approximate surface area is 101 Å². The average molecular weight is 242 g/mol. The molecular weight excluding hydrogens is 225 g/mol. The molecule has 0 radical (unpaired) electrons. The predicted octanol–water partition coefficient (Wildman–Crippen LogP) is 3.41. The third-order valence-corrected chi connectivity index (χ3v) is 4.03. The van der Waals surface area contributed by atoms with Crippen molar-refractivity contribution in [3.8, 4) is 0 Å². The Bertz CT molecular complexity index is 388. The van der Waals surface area contributed by atoms with Crippen LogP contribution in [-0.4, -0.2) is 13.1 Å². The fourth-order valence-electron chi connectivity index (χ4n) is 2.29. The molecule has 1 nitrogen and oxygen atoms in total. The summed E-state index contributed by atoms with van der Waals surface area (Å²) < 4.78 is 13.6. The number of halogens is 2. The van der Waals surface area contributed by atoms with Crippen molar-refractivity contribution in [1.29, 1.82) is 0 Å². The van der Waals surface area contributed by atoms with Crippen LogP contribution in [-0.2, 0) is 6.42 Å². The van der Waals surface area contributed by atoms with Crippen LogP contribution in [0.15, 0.2) is 18.2 Å². The van der Waals surface area contributed by atoms with Gasteiger partial charge in [-0.3, -0.25) is 0 Å². The minimum atomic E-state index is -0.140. The highest BCUT2D eigenvalue weighted by Gasteiger charge is 2.46. The Balaban J connectivity index is 2.18. The maximum Gasteiger partial charge on any atom is 0.126 e. The molecule has 1 fully saturated rings. The molecule has 0 bridgehead atoms. The van der Waals surface area contributed by atoms with Crippen molar-refractivity contribution in [3.05, 3.63) is 34.6 Å². The monoisotopic (exact) mass is 241 g/mol. The van der Waals surface area contributed by atoms with E-state index < -0.39 is 0 Å². The zero-order chi connectivity index (χ0) is 11.8. The average Bonchev–Trinajstić information content (AvgIpc) is 3.03. The third-order valence-electron chi connectivity index (χ3n) is 3.79. The molecule has 0 saturated heterocycles. The Morgan fingerprint density at radius 2 is 2.19 bits per heavy atom. The number of benzene rings is 1. The van der Waals surface area contributed by atoms with Crippen molar-refractivity contribution in [2.24, 2.45) is 5.41 Å². The van der Waals surface area contributed by atoms with Crippen LogP contribution in [0.5, 0.6) is 0 Å². The smallest absolute Gasteiger partial charge is 0.126 e. The first-order valence-corrected chi connectivity index (χ1v) is 6.06. The van der Waals surface area contributed by atoms with Crippen molar-refractivity contribution in [1.82, 2.24) is 5.32 Å². The highest BCUT2D eigenvalue weighted by molar-refractivity contribution is 6.30. The van der Waals surface area contributed by atoms with Gasteiger partial charge in [-0.2, -0.15) is 0 Å². The predicted molar refractivity (Wildman–Crippen MR) is 65.3 cm³/mol. The van der Waals surface area contributed by atoms with Crippen LogP contribution >= 0.6 is 11.6 Å². The van der Waals surface area contributed by atoms with E-state index in [0.717, 1.165) is 12.0 Å². The molecule has 16 heavy (non-hydrogen) atoms. The van der Waals surface area contributed by atoms with Crippen LogP contribution in [0.4, 0.5) is 4.39 Å². The summed E-state index contributed by atoms with van der Waals surface area (Å²) in [5, 5.41) is 3.88. The molecular formula is C13H17ClFN. The Kier molecular flexibility index (Phi) is 3.22. The zero-order valence-corrected chi connectivity index (χ0v) is 10.4. The largest absolute Gasteiger partial charge is 0.317 e. The van der Waals surface area contributed by atoms with E-state index in [4.69, 9.17) is 11.6 Å². The summed E-state index contributed by atoms with van der Waals surface area (Å²) in [4.78, 5) is 0. The van der Waals surface area contributed by atoms with E-state index in [-0.39, 0.29) is 11.2 Å². The van der Waals surface area contributed by atoms with Gasteiger partial charge >= 0.3 is 0 Å². The molecule has 1 unspecified atom stereocenters. The fourth-order valence-corrected chi connectivity index (χ4v) is 2.48. The quantitative estimate of drug-likeness (QED) is 0.852. The second kappa shape index (κ2) is 4.34. The van der Waals surface area contributed by atoms with Gasteiger partial charge in [0, 0.05) is 11.1 Å². The normalized spacial score (nSPS) is 19.5. The molecule has 1 aromatic carbocycles. The van der Waals surface area contributed by atoms with Crippen LogP contribution in [0.3, 0.4) is 0 Å². The maximum absolute atomic E-state index is 13.6. The number of nitrogens with one attached hydrogen (secondary N) is 1. The standard InChI is InChI=1S/C13H17ClFN/c1-9(16-2)13(5-6-13)8-10-7-11(14)3-4-12(10)15/h3-4,7,9,16H,5-6,8H2,1-2H3. The Morgan fingerprint density at radius 1 is 1.50 bits per heavy atom. The molecule has 1 saturated carbocycles. The van der Waals surface area contributed by atoms with Gasteiger partial charge in [-0.05, 0) is 62.4 Å². The molecule has 2 rings (SSSR count). The third kappa shape index (κ3) is 2.23. The van der Waals surface area contributed by atoms with Crippen LogP contribution in [0.1, 0.15) is 25.3 Å². The molecule has 0 amide bonds. The molecule has 1 aliphatic carbocycles. The van der Waals surface area contributed by atoms with E-state index in [1.807, 2.05) is 7.05 Å². The van der Waals surface area contributed by atoms with Gasteiger partial charge in [0.1, 0.15) is 5.82 Å². The number of hydrogen-bond acceptors (Lipinski definition) is 1. The minimum Gasteiger partial charge on any atom is -0.317 e. The van der Waals surface area contributed by atoms with E-state index in [2.05, 4.69) is 12.2 Å². The topological polar surface area (TPSA) is 12.0 Å². The van der Waals surface area contributed by atoms with Gasteiger partial charge in [0.2, 0.25) is 0 Å². The van der Waals surface area contributed by atoms with Gasteiger partial charge in [0.15, 0.2) is 0 Å². The number of rotatable bonds is 4. The summed E-state index contributed by atoms with van der Waals surface area (Å²) in [5.74, 6) is -0.140. The Hall–Kier alpha value is -0.600. The first-order valence-electron chi connectivity index (χ1n) is 5.68. The SMILES string of the molecule is CNC(C)C1(Cc2cc(Cl)ccc2F)CC1. The molecule has 0 aromatic heterocycles. The second-order valence-corrected chi connectivity index (χ2v) is 5.22. The van der Waals surface area contributed by atoms with E-state index >= 15 is 0 Å². The van der Waals surface area contributed by atoms with Gasteiger partial charge in [-0.15, -0.1) is 0 Å². The van der Waals surface area contributed by atoms with Gasteiger partial charge in [-0.1, -0.05) is 11.6 Å². The maximum atomic E-state index is 13.6. The summed E-state index contributed by atoms with van der Waals surface area (Å²) in [6, 6.07) is 5.23. The van der Waals surface area contributed by atoms with Gasteiger partial charge in [0.25, 0.3) is 0 Å². The van der Waals surface area contributed by atoms with Crippen LogP contribution in [0.25, 0.3) is 0 Å². The summed E-state index contributed by atoms with van der Waals surface area (Å²) in [6.07, 6.45) is 3.11. The van der Waals surface area contributed by atoms with E-state index in [1.165, 1.54) is 18.9 Å². The van der Waals surface area contributed by atoms with Gasteiger partial charge < -0.3 is 5.32 Å². The lowest BCUT2D eigenvalue weighted by atomic mass is 9.89. The molecule has 0 heterocycles. The molecule has 3 heteroatoms. The van der Waals surface area contributed by atoms with Crippen molar-refractivity contribution in [2.45, 2.75) is 32.2 Å². The first kappa shape index (κ1) is 11.9. The summed E-state index contributed by atoms with van der Waals surface area (Å²) in [5.41, 5.74) is 0.979. The molecule has 88 valence electrons. The van der Waals surface area contributed by atoms with Crippen molar-refractivity contribution in [3.63, 3.8) is 0 Å². The van der Waals surface area contributed by atoms with E-state index in [0.29, 0.717) is 11.1 Å². The first-order chi connectivity index (χ1) is 7.57. The van der Waals surface area contributed by atoms with Gasteiger partial charge in [-0.25, -0.2) is 4.39 Å². The Morgan fingerprint density at radius 3 is 2.75 bits per heavy atom. The minimum absolute atomic E-state index is 0.140. The molecule has 1 aromatic rings. The van der Waals surface area contributed by atoms with Crippen molar-refractivity contribution < 1.29 is 4.39 Å². The number of hydrogen-bond donors (Lipinski definition) is 1. The van der Waals surface area contributed by atoms with Crippen LogP contribution in [0.2, 0.25) is 5.02 Å². The molecule has 0 aliphatic heterocycles. The summed E-state index contributed by atoms with van der Waals surface area (Å²) in [7, 11) is 1.96. The highest BCUT2D eigenvalue weighted by Crippen LogP contribution is 2.51. The van der Waals surface area contributed by atoms with E-state index in [1.54, 1.807) is 12.1 Å². The summed E-state index contributed by atoms with van der Waals surface area (Å²) >= 11 is 5.90. The van der Waals surface area contributed by atoms with E-state index in [9.17, 15) is 4.39 Å². The molecule has 1 N–H and O–H groups in total. The van der Waals surface area contributed by atoms with Crippen LogP contribution in [0, 0.1) is 11.2 Å². The lowest BCUT2D eigenvalue weighted by Crippen LogP contribution is -2.33. The van der Waals surface area contributed by atoms with Crippen molar-refractivity contribution >= 4 is 11.6 Å². The van der Waals surface area contributed by atoms with Crippen LogP contribution < -0.4 is 5.32 Å². The lowest BCUT2D eigenvalue weighted by Gasteiger charge is -2.23. The molecule has 1 atom stereocenters. The molecule has 0 spiro atoms. The summed E-state index contributed by atoms with van der Waals surface area (Å²) in [6.45, 7) is 2.16. The lowest BCUT2D eigenvalue weighted by molar-refractivity contribution is 0.364. The highest BCUT2D eigenvalue weighted by atomic mass is 35.5. The molecule has 1 aliphatic rings. The second-order valence-electron chi connectivity index (χ2n) is 4.79. The van der Waals surface area contributed by atoms with Gasteiger partial charge in [0.05, 0.1) is 0 Å². The van der Waals surface area contributed by atoms with Crippen molar-refractivity contribution in [2.75, 3.05) is 7.05 Å². The fraction of sp³-hybridized carbons (Fsp3) is 0.538.